The average molecular weight is 222 g/mol. The Kier molecular flexibility index (Phi) is 2.73. The van der Waals surface area contributed by atoms with Crippen LogP contribution < -0.4 is 0 Å². The van der Waals surface area contributed by atoms with Crippen LogP contribution in [-0.2, 0) is 9.53 Å². The highest BCUT2D eigenvalue weighted by molar-refractivity contribution is 5.89. The molecule has 0 unspecified atom stereocenters. The van der Waals surface area contributed by atoms with Gasteiger partial charge in [0.2, 0.25) is 0 Å². The van der Waals surface area contributed by atoms with E-state index in [0.29, 0.717) is 24.0 Å². The molecule has 2 aliphatic rings. The molecule has 90 valence electrons. The van der Waals surface area contributed by atoms with Gasteiger partial charge in [0.05, 0.1) is 5.60 Å². The molecule has 0 aromatic heterocycles. The van der Waals surface area contributed by atoms with Gasteiger partial charge in [-0.05, 0) is 38.0 Å². The summed E-state index contributed by atoms with van der Waals surface area (Å²) in [5.41, 5.74) is -0.818. The van der Waals surface area contributed by atoms with E-state index in [1.807, 2.05) is 13.0 Å². The fraction of sp³-hybridized carbons (Fsp3) is 0.786. The number of carbonyl (C=O) groups excluding carboxylic acids is 1. The van der Waals surface area contributed by atoms with Crippen molar-refractivity contribution < 1.29 is 9.53 Å². The van der Waals surface area contributed by atoms with Crippen LogP contribution in [0.4, 0.5) is 0 Å². The number of rotatable bonds is 1. The van der Waals surface area contributed by atoms with Gasteiger partial charge in [-0.3, -0.25) is 4.79 Å². The third kappa shape index (κ3) is 1.55. The summed E-state index contributed by atoms with van der Waals surface area (Å²) in [7, 11) is 0. The Bertz CT molecular complexity index is 323. The second kappa shape index (κ2) is 3.69. The Hall–Kier alpha value is -0.630. The van der Waals surface area contributed by atoms with Gasteiger partial charge in [-0.2, -0.15) is 0 Å². The zero-order chi connectivity index (χ0) is 12.0. The van der Waals surface area contributed by atoms with Gasteiger partial charge >= 0.3 is 0 Å². The van der Waals surface area contributed by atoms with E-state index in [1.165, 1.54) is 0 Å². The van der Waals surface area contributed by atoms with E-state index in [0.717, 1.165) is 19.3 Å². The van der Waals surface area contributed by atoms with Crippen LogP contribution in [0.1, 0.15) is 46.5 Å². The first-order valence-electron chi connectivity index (χ1n) is 6.30. The van der Waals surface area contributed by atoms with Crippen LogP contribution in [0.2, 0.25) is 0 Å². The smallest absolute Gasteiger partial charge is 0.164 e. The zero-order valence-corrected chi connectivity index (χ0v) is 10.6. The second-order valence-corrected chi connectivity index (χ2v) is 5.74. The Morgan fingerprint density at radius 1 is 1.44 bits per heavy atom. The van der Waals surface area contributed by atoms with Gasteiger partial charge in [-0.1, -0.05) is 19.9 Å². The van der Waals surface area contributed by atoms with Crippen LogP contribution in [0.25, 0.3) is 0 Å². The van der Waals surface area contributed by atoms with Gasteiger partial charge in [-0.15, -0.1) is 6.58 Å². The lowest BCUT2D eigenvalue weighted by Gasteiger charge is -2.42. The number of ether oxygens (including phenoxy) is 1. The largest absolute Gasteiger partial charge is 0.357 e. The van der Waals surface area contributed by atoms with Crippen molar-refractivity contribution in [2.45, 2.75) is 57.7 Å². The molecule has 0 aromatic rings. The molecule has 2 heteroatoms. The van der Waals surface area contributed by atoms with E-state index in [2.05, 4.69) is 20.4 Å². The highest BCUT2D eigenvalue weighted by atomic mass is 16.5. The Balaban J connectivity index is 2.30. The van der Waals surface area contributed by atoms with Gasteiger partial charge in [-0.25, -0.2) is 0 Å². The van der Waals surface area contributed by atoms with Gasteiger partial charge in [0.1, 0.15) is 5.60 Å². The molecule has 0 amide bonds. The molecule has 1 saturated carbocycles. The van der Waals surface area contributed by atoms with E-state index in [-0.39, 0.29) is 5.60 Å². The standard InChI is InChI=1S/C14H22O2/c1-5-13(4)8-9-14(16-13)11(3)10(2)6-7-12(14)15/h5,10-11H,1,6-9H2,2-4H3/t10-,11+,13-,14+/m0/s1. The summed E-state index contributed by atoms with van der Waals surface area (Å²) in [6.07, 6.45) is 5.31. The molecule has 0 radical (unpaired) electrons. The summed E-state index contributed by atoms with van der Waals surface area (Å²) in [4.78, 5) is 12.2. The number of ketones is 1. The lowest BCUT2D eigenvalue weighted by Crippen LogP contribution is -2.51. The molecule has 4 atom stereocenters. The lowest BCUT2D eigenvalue weighted by atomic mass is 9.68. The minimum absolute atomic E-state index is 0.305. The Labute approximate surface area is 98.1 Å². The van der Waals surface area contributed by atoms with Crippen molar-refractivity contribution in [3.63, 3.8) is 0 Å². The maximum Gasteiger partial charge on any atom is 0.164 e. The first-order valence-corrected chi connectivity index (χ1v) is 6.30. The Morgan fingerprint density at radius 2 is 2.12 bits per heavy atom. The summed E-state index contributed by atoms with van der Waals surface area (Å²) >= 11 is 0. The Morgan fingerprint density at radius 3 is 2.69 bits per heavy atom. The fourth-order valence-corrected chi connectivity index (χ4v) is 3.15. The number of hydrogen-bond donors (Lipinski definition) is 0. The minimum Gasteiger partial charge on any atom is -0.357 e. The number of Topliss-reactive ketones (excluding diaryl/α,β-unsaturated/α-hetero) is 1. The summed E-state index contributed by atoms with van der Waals surface area (Å²) in [6, 6.07) is 0. The van der Waals surface area contributed by atoms with Crippen molar-refractivity contribution in [2.75, 3.05) is 0 Å². The monoisotopic (exact) mass is 222 g/mol. The zero-order valence-electron chi connectivity index (χ0n) is 10.6. The molecule has 1 aliphatic heterocycles. The second-order valence-electron chi connectivity index (χ2n) is 5.74. The van der Waals surface area contributed by atoms with Gasteiger partial charge in [0.15, 0.2) is 5.78 Å². The van der Waals surface area contributed by atoms with Crippen LogP contribution >= 0.6 is 0 Å². The fourth-order valence-electron chi connectivity index (χ4n) is 3.15. The van der Waals surface area contributed by atoms with E-state index in [4.69, 9.17) is 4.74 Å². The quantitative estimate of drug-likeness (QED) is 0.637. The number of carbonyl (C=O) groups is 1. The van der Waals surface area contributed by atoms with Crippen LogP contribution in [-0.4, -0.2) is 17.0 Å². The molecular formula is C14H22O2. The van der Waals surface area contributed by atoms with Crippen LogP contribution in [0, 0.1) is 11.8 Å². The molecule has 0 N–H and O–H groups in total. The normalized spacial score (nSPS) is 48.6. The SMILES string of the molecule is C=C[C@@]1(C)CC[C@]2(O1)C(=O)CC[C@H](C)[C@H]2C. The van der Waals surface area contributed by atoms with E-state index in [1.54, 1.807) is 0 Å². The summed E-state index contributed by atoms with van der Waals surface area (Å²) in [5.74, 6) is 1.21. The van der Waals surface area contributed by atoms with Gasteiger partial charge in [0.25, 0.3) is 0 Å². The molecular weight excluding hydrogens is 200 g/mol. The third-order valence-electron chi connectivity index (χ3n) is 4.73. The number of hydrogen-bond acceptors (Lipinski definition) is 2. The van der Waals surface area contributed by atoms with Gasteiger partial charge < -0.3 is 4.74 Å². The predicted octanol–water partition coefficient (Wildman–Crippen LogP) is 3.12. The topological polar surface area (TPSA) is 26.3 Å². The molecule has 1 aliphatic carbocycles. The molecule has 1 spiro atoms. The van der Waals surface area contributed by atoms with Crippen LogP contribution in [0.3, 0.4) is 0 Å². The van der Waals surface area contributed by atoms with Crippen molar-refractivity contribution in [1.82, 2.24) is 0 Å². The van der Waals surface area contributed by atoms with E-state index < -0.39 is 5.60 Å². The first-order chi connectivity index (χ1) is 7.43. The van der Waals surface area contributed by atoms with Gasteiger partial charge in [0, 0.05) is 6.42 Å². The molecule has 0 aromatic carbocycles. The van der Waals surface area contributed by atoms with Crippen molar-refractivity contribution >= 4 is 5.78 Å². The molecule has 1 saturated heterocycles. The van der Waals surface area contributed by atoms with Crippen molar-refractivity contribution in [1.29, 1.82) is 0 Å². The maximum absolute atomic E-state index is 12.2. The summed E-state index contributed by atoms with van der Waals surface area (Å²) in [5, 5.41) is 0. The highest BCUT2D eigenvalue weighted by Gasteiger charge is 2.55. The first kappa shape index (κ1) is 11.8. The molecule has 2 nitrogen and oxygen atoms in total. The molecule has 0 bridgehead atoms. The minimum atomic E-state index is -0.513. The van der Waals surface area contributed by atoms with Crippen LogP contribution in [0.5, 0.6) is 0 Å². The average Bonchev–Trinajstić information content (AvgIpc) is 2.63. The van der Waals surface area contributed by atoms with Crippen molar-refractivity contribution in [3.05, 3.63) is 12.7 Å². The predicted molar refractivity (Wildman–Crippen MR) is 64.2 cm³/mol. The van der Waals surface area contributed by atoms with Crippen LogP contribution in [0.15, 0.2) is 12.7 Å². The summed E-state index contributed by atoms with van der Waals surface area (Å²) in [6.45, 7) is 10.3. The molecule has 16 heavy (non-hydrogen) atoms. The van der Waals surface area contributed by atoms with Crippen molar-refractivity contribution in [3.8, 4) is 0 Å². The maximum atomic E-state index is 12.2. The summed E-state index contributed by atoms with van der Waals surface area (Å²) < 4.78 is 6.15. The van der Waals surface area contributed by atoms with E-state index in [9.17, 15) is 4.79 Å². The van der Waals surface area contributed by atoms with E-state index >= 15 is 0 Å². The molecule has 2 rings (SSSR count). The highest BCUT2D eigenvalue weighted by Crippen LogP contribution is 2.49. The van der Waals surface area contributed by atoms with Crippen molar-refractivity contribution in [2.24, 2.45) is 11.8 Å². The third-order valence-corrected chi connectivity index (χ3v) is 4.73. The lowest BCUT2D eigenvalue weighted by molar-refractivity contribution is -0.165. The molecule has 2 fully saturated rings. The molecule has 1 heterocycles.